The van der Waals surface area contributed by atoms with E-state index in [-0.39, 0.29) is 11.6 Å². The maximum atomic E-state index is 13.5. The maximum Gasteiger partial charge on any atom is 0.416 e. The van der Waals surface area contributed by atoms with E-state index in [2.05, 4.69) is 10.3 Å². The Morgan fingerprint density at radius 3 is 2.50 bits per heavy atom. The lowest BCUT2D eigenvalue weighted by atomic mass is 9.97. The minimum Gasteiger partial charge on any atom is -0.372 e. The predicted molar refractivity (Wildman–Crippen MR) is 94.1 cm³/mol. The number of nitrogens with one attached hydrogen (secondary N) is 1. The second kappa shape index (κ2) is 9.06. The zero-order chi connectivity index (χ0) is 18.3. The fraction of sp³-hybridized carbons (Fsp3) is 0.611. The Balaban J connectivity index is 3.38. The largest absolute Gasteiger partial charge is 0.416 e. The highest BCUT2D eigenvalue weighted by Crippen LogP contribution is 2.34. The predicted octanol–water partition coefficient (Wildman–Crippen LogP) is 4.45. The summed E-state index contributed by atoms with van der Waals surface area (Å²) in [4.78, 5) is 6.23. The smallest absolute Gasteiger partial charge is 0.372 e. The van der Waals surface area contributed by atoms with Gasteiger partial charge >= 0.3 is 6.18 Å². The molecule has 0 radical (unpaired) electrons. The molecule has 0 aromatic heterocycles. The van der Waals surface area contributed by atoms with E-state index in [0.717, 1.165) is 19.0 Å². The highest BCUT2D eigenvalue weighted by atomic mass is 19.4. The van der Waals surface area contributed by atoms with Crippen molar-refractivity contribution >= 4 is 5.71 Å². The molecule has 1 fully saturated rings. The first-order valence-corrected chi connectivity index (χ1v) is 8.35. The van der Waals surface area contributed by atoms with Crippen molar-refractivity contribution in [3.8, 4) is 0 Å². The van der Waals surface area contributed by atoms with Crippen LogP contribution >= 0.6 is 0 Å². The Kier molecular flexibility index (Phi) is 7.73. The summed E-state index contributed by atoms with van der Waals surface area (Å²) in [6.07, 6.45) is 0.919. The second-order valence-electron chi connectivity index (χ2n) is 5.97. The highest BCUT2D eigenvalue weighted by molar-refractivity contribution is 6.03. The van der Waals surface area contributed by atoms with E-state index in [1.807, 2.05) is 24.8 Å². The molecule has 0 amide bonds. The number of piperazine rings is 1. The van der Waals surface area contributed by atoms with E-state index in [1.165, 1.54) is 6.92 Å². The monoisotopic (exact) mass is 343 g/mol. The molecular weight excluding hydrogens is 315 g/mol. The van der Waals surface area contributed by atoms with Gasteiger partial charge in [0.05, 0.1) is 5.57 Å². The molecule has 0 aliphatic carbocycles. The van der Waals surface area contributed by atoms with Crippen molar-refractivity contribution in [3.05, 3.63) is 35.2 Å². The first kappa shape index (κ1) is 20.5. The summed E-state index contributed by atoms with van der Waals surface area (Å²) >= 11 is 0. The lowest BCUT2D eigenvalue weighted by Crippen LogP contribution is -2.48. The van der Waals surface area contributed by atoms with Gasteiger partial charge in [0, 0.05) is 48.9 Å². The minimum absolute atomic E-state index is 0.180. The molecule has 1 aliphatic heterocycles. The van der Waals surface area contributed by atoms with Gasteiger partial charge in [-0.05, 0) is 34.1 Å². The van der Waals surface area contributed by atoms with Gasteiger partial charge in [-0.2, -0.15) is 13.2 Å². The summed E-state index contributed by atoms with van der Waals surface area (Å²) in [5.74, 6) is 0. The number of hydrogen-bond acceptors (Lipinski definition) is 3. The maximum absolute atomic E-state index is 13.5. The Labute approximate surface area is 143 Å². The fourth-order valence-corrected chi connectivity index (χ4v) is 2.83. The minimum atomic E-state index is -4.41. The quantitative estimate of drug-likeness (QED) is 0.590. The first-order valence-electron chi connectivity index (χ1n) is 8.35. The van der Waals surface area contributed by atoms with E-state index >= 15 is 0 Å². The van der Waals surface area contributed by atoms with Gasteiger partial charge in [0.1, 0.15) is 0 Å². The third-order valence-electron chi connectivity index (χ3n) is 4.04. The third kappa shape index (κ3) is 5.51. The van der Waals surface area contributed by atoms with Crippen molar-refractivity contribution in [1.82, 2.24) is 10.2 Å². The average molecular weight is 343 g/mol. The van der Waals surface area contributed by atoms with Crippen LogP contribution in [0.4, 0.5) is 13.2 Å². The van der Waals surface area contributed by atoms with Crippen molar-refractivity contribution in [3.63, 3.8) is 0 Å². The Bertz CT molecular complexity index is 542. The molecule has 1 aliphatic rings. The van der Waals surface area contributed by atoms with Gasteiger partial charge < -0.3 is 10.2 Å². The van der Waals surface area contributed by atoms with Crippen LogP contribution in [0, 0.1) is 0 Å². The molecule has 0 aromatic rings. The Morgan fingerprint density at radius 1 is 1.33 bits per heavy atom. The number of halogens is 3. The lowest BCUT2D eigenvalue weighted by Gasteiger charge is -2.36. The Morgan fingerprint density at radius 2 is 2.00 bits per heavy atom. The van der Waals surface area contributed by atoms with Gasteiger partial charge in [0.15, 0.2) is 0 Å². The van der Waals surface area contributed by atoms with Gasteiger partial charge in [-0.25, -0.2) is 0 Å². The van der Waals surface area contributed by atoms with Crippen LogP contribution < -0.4 is 5.32 Å². The number of rotatable bonds is 5. The summed E-state index contributed by atoms with van der Waals surface area (Å²) in [6, 6.07) is 0.243. The van der Waals surface area contributed by atoms with Gasteiger partial charge in [0.25, 0.3) is 0 Å². The van der Waals surface area contributed by atoms with Crippen molar-refractivity contribution in [2.24, 2.45) is 4.99 Å². The molecule has 136 valence electrons. The first-order chi connectivity index (χ1) is 11.2. The van der Waals surface area contributed by atoms with Gasteiger partial charge in [-0.3, -0.25) is 4.99 Å². The van der Waals surface area contributed by atoms with Crippen molar-refractivity contribution in [2.45, 2.75) is 53.3 Å². The molecule has 0 bridgehead atoms. The number of alkyl halides is 3. The molecule has 0 spiro atoms. The van der Waals surface area contributed by atoms with Crippen molar-refractivity contribution in [2.75, 3.05) is 19.6 Å². The van der Waals surface area contributed by atoms with Crippen LogP contribution in [0.1, 0.15) is 41.0 Å². The summed E-state index contributed by atoms with van der Waals surface area (Å²) in [5, 5.41) is 3.31. The van der Waals surface area contributed by atoms with E-state index in [4.69, 9.17) is 0 Å². The topological polar surface area (TPSA) is 27.6 Å². The second-order valence-corrected chi connectivity index (χ2v) is 5.97. The molecule has 1 N–H and O–H groups in total. The van der Waals surface area contributed by atoms with Crippen LogP contribution in [0.15, 0.2) is 40.2 Å². The van der Waals surface area contributed by atoms with E-state index in [0.29, 0.717) is 24.5 Å². The Hall–Kier alpha value is -1.56. The standard InChI is InChI=1S/C18H28F3N3/c1-6-8-9-23-14(4)17(16(7-2)18(19,20)21)15(5)24-11-10-22-13(3)12-24/h7-9,13,22H,6,10-12H2,1-5H3/b9-8+,16-7+,17-15-,23-14+. The molecule has 24 heavy (non-hydrogen) atoms. The number of nitrogens with zero attached hydrogens (tertiary/aromatic N) is 2. The average Bonchev–Trinajstić information content (AvgIpc) is 2.50. The molecule has 1 saturated heterocycles. The van der Waals surface area contributed by atoms with E-state index in [9.17, 15) is 13.2 Å². The zero-order valence-corrected chi connectivity index (χ0v) is 15.2. The molecule has 1 heterocycles. The van der Waals surface area contributed by atoms with Crippen LogP contribution in [-0.4, -0.2) is 42.5 Å². The molecule has 1 unspecified atom stereocenters. The van der Waals surface area contributed by atoms with Crippen molar-refractivity contribution < 1.29 is 13.2 Å². The number of aliphatic imine (C=N–C) groups is 1. The number of allylic oxidation sites excluding steroid dienone is 5. The summed E-state index contributed by atoms with van der Waals surface area (Å²) in [6.45, 7) is 10.9. The third-order valence-corrected chi connectivity index (χ3v) is 4.04. The van der Waals surface area contributed by atoms with Crippen LogP contribution in [0.2, 0.25) is 0 Å². The van der Waals surface area contributed by atoms with Gasteiger partial charge in [-0.1, -0.05) is 19.1 Å². The summed E-state index contributed by atoms with van der Waals surface area (Å²) < 4.78 is 40.6. The molecule has 1 rings (SSSR count). The van der Waals surface area contributed by atoms with Gasteiger partial charge in [0.2, 0.25) is 0 Å². The lowest BCUT2D eigenvalue weighted by molar-refractivity contribution is -0.0891. The SMILES string of the molecule is C\C=C(C(/C(C)=N/C=C/CC)=C(/C)N1CCNC(C)C1)\C(F)(F)F. The normalized spacial score (nSPS) is 22.2. The number of hydrogen-bond donors (Lipinski definition) is 1. The van der Waals surface area contributed by atoms with E-state index < -0.39 is 11.7 Å². The molecule has 0 saturated carbocycles. The van der Waals surface area contributed by atoms with Crippen molar-refractivity contribution in [1.29, 1.82) is 0 Å². The molecule has 1 atom stereocenters. The molecular formula is C18H28F3N3. The van der Waals surface area contributed by atoms with E-state index in [1.54, 1.807) is 20.0 Å². The zero-order valence-electron chi connectivity index (χ0n) is 15.2. The fourth-order valence-electron chi connectivity index (χ4n) is 2.83. The van der Waals surface area contributed by atoms with Gasteiger partial charge in [-0.15, -0.1) is 0 Å². The van der Waals surface area contributed by atoms with Crippen LogP contribution in [-0.2, 0) is 0 Å². The highest BCUT2D eigenvalue weighted by Gasteiger charge is 2.37. The summed E-state index contributed by atoms with van der Waals surface area (Å²) in [5.41, 5.74) is 0.561. The van der Waals surface area contributed by atoms with Crippen LogP contribution in [0.25, 0.3) is 0 Å². The van der Waals surface area contributed by atoms with Crippen LogP contribution in [0.5, 0.6) is 0 Å². The molecule has 6 heteroatoms. The molecule has 0 aromatic carbocycles. The molecule has 3 nitrogen and oxygen atoms in total. The summed E-state index contributed by atoms with van der Waals surface area (Å²) in [7, 11) is 0. The van der Waals surface area contributed by atoms with Crippen LogP contribution in [0.3, 0.4) is 0 Å².